The molecule has 0 spiro atoms. The van der Waals surface area contributed by atoms with Crippen molar-refractivity contribution in [1.29, 1.82) is 0 Å². The van der Waals surface area contributed by atoms with Gasteiger partial charge in [0.2, 0.25) is 0 Å². The zero-order chi connectivity index (χ0) is 17.9. The van der Waals surface area contributed by atoms with Crippen molar-refractivity contribution in [3.63, 3.8) is 0 Å². The highest BCUT2D eigenvalue weighted by atomic mass is 32.1. The summed E-state index contributed by atoms with van der Waals surface area (Å²) in [4.78, 5) is 17.0. The summed E-state index contributed by atoms with van der Waals surface area (Å²) in [5.41, 5.74) is 1.90. The summed E-state index contributed by atoms with van der Waals surface area (Å²) in [5.74, 6) is 0.0277. The fourth-order valence-electron chi connectivity index (χ4n) is 3.73. The molecule has 5 heteroatoms. The quantitative estimate of drug-likeness (QED) is 0.613. The van der Waals surface area contributed by atoms with Gasteiger partial charge in [0.15, 0.2) is 5.11 Å². The van der Waals surface area contributed by atoms with Gasteiger partial charge in [-0.3, -0.25) is 9.69 Å². The summed E-state index contributed by atoms with van der Waals surface area (Å²) < 4.78 is 0. The molecule has 0 bridgehead atoms. The minimum Gasteiger partial charge on any atom is -0.328 e. The summed E-state index contributed by atoms with van der Waals surface area (Å²) in [7, 11) is 0. The van der Waals surface area contributed by atoms with Crippen molar-refractivity contribution in [3.8, 4) is 0 Å². The van der Waals surface area contributed by atoms with Gasteiger partial charge in [-0.2, -0.15) is 0 Å². The molecule has 1 amide bonds. The van der Waals surface area contributed by atoms with E-state index in [0.29, 0.717) is 10.8 Å². The van der Waals surface area contributed by atoms with Crippen LogP contribution in [0.3, 0.4) is 0 Å². The molecule has 2 aliphatic rings. The Morgan fingerprint density at radius 2 is 1.88 bits per heavy atom. The predicted octanol–water partition coefficient (Wildman–Crippen LogP) is 4.73. The van der Waals surface area contributed by atoms with Gasteiger partial charge in [-0.1, -0.05) is 49.6 Å². The van der Waals surface area contributed by atoms with Crippen LogP contribution in [-0.4, -0.2) is 22.0 Å². The number of amides is 1. The SMILES string of the molecule is O=C1/C(=C\c2ccc(Cc3ccccc3)s2)NC(=S)N1C1CCCCC1. The zero-order valence-corrected chi connectivity index (χ0v) is 16.2. The Balaban J connectivity index is 1.48. The highest BCUT2D eigenvalue weighted by Gasteiger charge is 2.36. The summed E-state index contributed by atoms with van der Waals surface area (Å²) >= 11 is 7.16. The number of thiophene rings is 1. The second kappa shape index (κ2) is 7.72. The van der Waals surface area contributed by atoms with Crippen LogP contribution in [0, 0.1) is 0 Å². The molecular weight excluding hydrogens is 360 g/mol. The van der Waals surface area contributed by atoms with Crippen molar-refractivity contribution in [2.45, 2.75) is 44.6 Å². The second-order valence-electron chi connectivity index (χ2n) is 6.92. The number of nitrogens with one attached hydrogen (secondary N) is 1. The number of benzene rings is 1. The van der Waals surface area contributed by atoms with Crippen LogP contribution in [0.2, 0.25) is 0 Å². The van der Waals surface area contributed by atoms with Crippen molar-refractivity contribution in [2.75, 3.05) is 0 Å². The Labute approximate surface area is 163 Å². The molecule has 1 aromatic heterocycles. The van der Waals surface area contributed by atoms with E-state index in [1.807, 2.05) is 12.1 Å². The van der Waals surface area contributed by atoms with E-state index in [1.54, 1.807) is 16.2 Å². The topological polar surface area (TPSA) is 32.3 Å². The molecule has 2 fully saturated rings. The monoisotopic (exact) mass is 382 g/mol. The molecule has 1 aliphatic carbocycles. The van der Waals surface area contributed by atoms with Gasteiger partial charge in [-0.15, -0.1) is 11.3 Å². The van der Waals surface area contributed by atoms with E-state index in [-0.39, 0.29) is 11.9 Å². The van der Waals surface area contributed by atoms with Crippen LogP contribution in [0.25, 0.3) is 6.08 Å². The molecule has 2 heterocycles. The molecule has 1 aromatic carbocycles. The first-order chi connectivity index (χ1) is 12.7. The predicted molar refractivity (Wildman–Crippen MR) is 111 cm³/mol. The van der Waals surface area contributed by atoms with Gasteiger partial charge >= 0.3 is 0 Å². The van der Waals surface area contributed by atoms with Crippen LogP contribution in [0.1, 0.15) is 47.4 Å². The van der Waals surface area contributed by atoms with E-state index >= 15 is 0 Å². The number of thiocarbonyl (C=S) groups is 1. The normalized spacial score (nSPS) is 20.0. The van der Waals surface area contributed by atoms with Crippen LogP contribution in [0.4, 0.5) is 0 Å². The first-order valence-electron chi connectivity index (χ1n) is 9.19. The fourth-order valence-corrected chi connectivity index (χ4v) is 5.06. The van der Waals surface area contributed by atoms with Crippen molar-refractivity contribution >= 4 is 40.7 Å². The molecule has 0 atom stereocenters. The molecule has 1 aliphatic heterocycles. The molecular formula is C21H22N2OS2. The molecule has 1 saturated heterocycles. The Hall–Kier alpha value is -1.98. The Morgan fingerprint density at radius 1 is 1.12 bits per heavy atom. The lowest BCUT2D eigenvalue weighted by Gasteiger charge is -2.29. The van der Waals surface area contributed by atoms with Gasteiger partial charge in [0.25, 0.3) is 5.91 Å². The first kappa shape index (κ1) is 17.4. The lowest BCUT2D eigenvalue weighted by molar-refractivity contribution is -0.124. The second-order valence-corrected chi connectivity index (χ2v) is 8.51. The van der Waals surface area contributed by atoms with Gasteiger partial charge in [0.1, 0.15) is 5.70 Å². The fraction of sp³-hybridized carbons (Fsp3) is 0.333. The van der Waals surface area contributed by atoms with E-state index in [9.17, 15) is 4.79 Å². The number of rotatable bonds is 4. The smallest absolute Gasteiger partial charge is 0.276 e. The average molecular weight is 383 g/mol. The summed E-state index contributed by atoms with van der Waals surface area (Å²) in [5, 5.41) is 3.70. The maximum atomic E-state index is 12.8. The first-order valence-corrected chi connectivity index (χ1v) is 10.4. The van der Waals surface area contributed by atoms with Crippen LogP contribution < -0.4 is 5.32 Å². The standard InChI is InChI=1S/C21H22N2OS2/c24-20-19(22-21(25)23(20)16-9-5-2-6-10-16)14-18-12-11-17(26-18)13-15-7-3-1-4-8-15/h1,3-4,7-8,11-12,14,16H,2,5-6,9-10,13H2,(H,22,25)/b19-14+. The molecule has 0 unspecified atom stereocenters. The maximum absolute atomic E-state index is 12.8. The third kappa shape index (κ3) is 3.74. The molecule has 4 rings (SSSR count). The van der Waals surface area contributed by atoms with Gasteiger partial charge in [0, 0.05) is 22.2 Å². The molecule has 0 radical (unpaired) electrons. The summed E-state index contributed by atoms with van der Waals surface area (Å²) in [6.07, 6.45) is 8.61. The molecule has 134 valence electrons. The molecule has 1 saturated carbocycles. The van der Waals surface area contributed by atoms with E-state index in [0.717, 1.165) is 24.1 Å². The third-order valence-corrected chi connectivity index (χ3v) is 6.37. The molecule has 26 heavy (non-hydrogen) atoms. The van der Waals surface area contributed by atoms with Gasteiger partial charge in [-0.05, 0) is 48.8 Å². The van der Waals surface area contributed by atoms with Crippen LogP contribution in [0.15, 0.2) is 48.2 Å². The van der Waals surface area contributed by atoms with Gasteiger partial charge in [-0.25, -0.2) is 0 Å². The van der Waals surface area contributed by atoms with Crippen LogP contribution >= 0.6 is 23.6 Å². The van der Waals surface area contributed by atoms with E-state index < -0.39 is 0 Å². The van der Waals surface area contributed by atoms with Crippen molar-refractivity contribution < 1.29 is 4.79 Å². The number of carbonyl (C=O) groups is 1. The van der Waals surface area contributed by atoms with E-state index in [2.05, 4.69) is 41.7 Å². The lowest BCUT2D eigenvalue weighted by Crippen LogP contribution is -2.41. The van der Waals surface area contributed by atoms with E-state index in [4.69, 9.17) is 12.2 Å². The number of carbonyl (C=O) groups excluding carboxylic acids is 1. The Bertz CT molecular complexity index is 835. The van der Waals surface area contributed by atoms with E-state index in [1.165, 1.54) is 29.7 Å². The molecule has 3 nitrogen and oxygen atoms in total. The van der Waals surface area contributed by atoms with Gasteiger partial charge in [0.05, 0.1) is 0 Å². The highest BCUT2D eigenvalue weighted by Crippen LogP contribution is 2.28. The minimum absolute atomic E-state index is 0.0277. The Kier molecular flexibility index (Phi) is 5.18. The summed E-state index contributed by atoms with van der Waals surface area (Å²) in [6, 6.07) is 14.9. The average Bonchev–Trinajstić information content (AvgIpc) is 3.21. The van der Waals surface area contributed by atoms with Crippen LogP contribution in [-0.2, 0) is 11.2 Å². The third-order valence-electron chi connectivity index (χ3n) is 5.04. The van der Waals surface area contributed by atoms with Crippen molar-refractivity contribution in [1.82, 2.24) is 10.2 Å². The molecule has 2 aromatic rings. The summed E-state index contributed by atoms with van der Waals surface area (Å²) in [6.45, 7) is 0. The van der Waals surface area contributed by atoms with Crippen molar-refractivity contribution in [2.24, 2.45) is 0 Å². The highest BCUT2D eigenvalue weighted by molar-refractivity contribution is 7.80. The number of hydrogen-bond donors (Lipinski definition) is 1. The van der Waals surface area contributed by atoms with Gasteiger partial charge < -0.3 is 5.32 Å². The maximum Gasteiger partial charge on any atom is 0.276 e. The lowest BCUT2D eigenvalue weighted by atomic mass is 9.94. The zero-order valence-electron chi connectivity index (χ0n) is 14.6. The van der Waals surface area contributed by atoms with Crippen molar-refractivity contribution in [3.05, 3.63) is 63.5 Å². The largest absolute Gasteiger partial charge is 0.328 e. The number of nitrogens with zero attached hydrogens (tertiary/aromatic N) is 1. The van der Waals surface area contributed by atoms with Crippen LogP contribution in [0.5, 0.6) is 0 Å². The minimum atomic E-state index is 0.0277. The Morgan fingerprint density at radius 3 is 2.65 bits per heavy atom. The molecule has 1 N–H and O–H groups in total. The number of hydrogen-bond acceptors (Lipinski definition) is 3.